The van der Waals surface area contributed by atoms with Gasteiger partial charge in [0, 0.05) is 0 Å². The van der Waals surface area contributed by atoms with E-state index in [9.17, 15) is 14.4 Å². The Hall–Kier alpha value is -2.28. The number of rotatable bonds is 2. The maximum absolute atomic E-state index is 11.5. The highest BCUT2D eigenvalue weighted by molar-refractivity contribution is 6.16. The summed E-state index contributed by atoms with van der Waals surface area (Å²) < 4.78 is 4.74. The molecule has 2 amide bonds. The number of carbonyl (C=O) groups is 3. The average molecular weight is 236 g/mol. The highest BCUT2D eigenvalue weighted by Crippen LogP contribution is 2.15. The van der Waals surface area contributed by atoms with Crippen LogP contribution >= 0.6 is 0 Å². The first-order valence-electron chi connectivity index (χ1n) is 4.73. The lowest BCUT2D eigenvalue weighted by Gasteiger charge is -2.23. The van der Waals surface area contributed by atoms with Crippen molar-refractivity contribution >= 4 is 23.6 Å². The van der Waals surface area contributed by atoms with Crippen LogP contribution in [-0.2, 0) is 14.3 Å². The first-order chi connectivity index (χ1) is 8.09. The Bertz CT molecular complexity index is 483. The van der Waals surface area contributed by atoms with Gasteiger partial charge in [0.1, 0.15) is 19.0 Å². The lowest BCUT2D eigenvalue weighted by atomic mass is 10.3. The summed E-state index contributed by atoms with van der Waals surface area (Å²) in [6.45, 7) is -0.435. The van der Waals surface area contributed by atoms with Gasteiger partial charge < -0.3 is 9.84 Å². The summed E-state index contributed by atoms with van der Waals surface area (Å²) in [6, 6.07) is 4.09. The predicted octanol–water partition coefficient (Wildman–Crippen LogP) is -0.330. The van der Waals surface area contributed by atoms with Crippen LogP contribution in [0.3, 0.4) is 0 Å². The number of hydrogen-bond donors (Lipinski definition) is 1. The zero-order chi connectivity index (χ0) is 12.4. The Morgan fingerprint density at radius 3 is 2.53 bits per heavy atom. The third kappa shape index (κ3) is 2.13. The van der Waals surface area contributed by atoms with Crippen molar-refractivity contribution in [3.05, 3.63) is 23.9 Å². The molecule has 0 radical (unpaired) electrons. The molecule has 0 bridgehead atoms. The SMILES string of the molecule is O=C(O)c1cccc(N2C(=O)COCC2=O)n1. The summed E-state index contributed by atoms with van der Waals surface area (Å²) in [5, 5.41) is 8.76. The number of ether oxygens (including phenoxy) is 1. The Balaban J connectivity index is 2.38. The van der Waals surface area contributed by atoms with Gasteiger partial charge >= 0.3 is 5.97 Å². The lowest BCUT2D eigenvalue weighted by Crippen LogP contribution is -2.46. The van der Waals surface area contributed by atoms with Crippen molar-refractivity contribution in [3.8, 4) is 0 Å². The van der Waals surface area contributed by atoms with Gasteiger partial charge in [-0.3, -0.25) is 9.59 Å². The Kier molecular flexibility index (Phi) is 2.84. The molecule has 0 aromatic carbocycles. The van der Waals surface area contributed by atoms with Crippen molar-refractivity contribution in [1.82, 2.24) is 4.98 Å². The van der Waals surface area contributed by atoms with Crippen LogP contribution in [0.2, 0.25) is 0 Å². The van der Waals surface area contributed by atoms with E-state index in [0.29, 0.717) is 0 Å². The number of nitrogens with zero attached hydrogens (tertiary/aromatic N) is 2. The molecular formula is C10H8N2O5. The van der Waals surface area contributed by atoms with Gasteiger partial charge in [0.05, 0.1) is 0 Å². The minimum atomic E-state index is -1.22. The van der Waals surface area contributed by atoms with Crippen LogP contribution in [0.5, 0.6) is 0 Å². The van der Waals surface area contributed by atoms with Crippen molar-refractivity contribution < 1.29 is 24.2 Å². The number of amides is 2. The summed E-state index contributed by atoms with van der Waals surface area (Å²) >= 11 is 0. The third-order valence-corrected chi connectivity index (χ3v) is 2.13. The fourth-order valence-corrected chi connectivity index (χ4v) is 1.42. The molecule has 2 heterocycles. The van der Waals surface area contributed by atoms with E-state index in [4.69, 9.17) is 9.84 Å². The number of aromatic nitrogens is 1. The van der Waals surface area contributed by atoms with Gasteiger partial charge in [-0.05, 0) is 12.1 Å². The molecule has 0 atom stereocenters. The monoisotopic (exact) mass is 236 g/mol. The molecule has 7 nitrogen and oxygen atoms in total. The van der Waals surface area contributed by atoms with E-state index in [-0.39, 0.29) is 24.7 Å². The maximum Gasteiger partial charge on any atom is 0.354 e. The third-order valence-electron chi connectivity index (χ3n) is 2.13. The smallest absolute Gasteiger partial charge is 0.354 e. The topological polar surface area (TPSA) is 96.8 Å². The van der Waals surface area contributed by atoms with E-state index < -0.39 is 17.8 Å². The minimum Gasteiger partial charge on any atom is -0.477 e. The lowest BCUT2D eigenvalue weighted by molar-refractivity contribution is -0.138. The first-order valence-corrected chi connectivity index (χ1v) is 4.73. The van der Waals surface area contributed by atoms with Gasteiger partial charge in [0.25, 0.3) is 11.8 Å². The fourth-order valence-electron chi connectivity index (χ4n) is 1.42. The van der Waals surface area contributed by atoms with E-state index in [2.05, 4.69) is 4.98 Å². The molecule has 0 spiro atoms. The molecule has 1 aromatic rings. The van der Waals surface area contributed by atoms with E-state index in [1.54, 1.807) is 0 Å². The molecule has 1 fully saturated rings. The second-order valence-electron chi connectivity index (χ2n) is 3.30. The molecule has 0 saturated carbocycles. The fraction of sp³-hybridized carbons (Fsp3) is 0.200. The van der Waals surface area contributed by atoms with Crippen molar-refractivity contribution in [2.75, 3.05) is 18.1 Å². The van der Waals surface area contributed by atoms with Gasteiger partial charge in [-0.25, -0.2) is 14.7 Å². The largest absolute Gasteiger partial charge is 0.477 e. The van der Waals surface area contributed by atoms with Gasteiger partial charge in [0.2, 0.25) is 0 Å². The maximum atomic E-state index is 11.5. The number of hydrogen-bond acceptors (Lipinski definition) is 5. The molecule has 0 unspecified atom stereocenters. The quantitative estimate of drug-likeness (QED) is 0.706. The van der Waals surface area contributed by atoms with Crippen LogP contribution in [0.25, 0.3) is 0 Å². The summed E-state index contributed by atoms with van der Waals surface area (Å²) in [7, 11) is 0. The Labute approximate surface area is 95.6 Å². The molecule has 88 valence electrons. The number of imide groups is 1. The molecular weight excluding hydrogens is 228 g/mol. The second kappa shape index (κ2) is 4.30. The second-order valence-corrected chi connectivity index (χ2v) is 3.30. The molecule has 2 rings (SSSR count). The zero-order valence-corrected chi connectivity index (χ0v) is 8.62. The number of carbonyl (C=O) groups excluding carboxylic acids is 2. The number of carboxylic acid groups (broad SMARTS) is 1. The highest BCUT2D eigenvalue weighted by atomic mass is 16.5. The van der Waals surface area contributed by atoms with Crippen LogP contribution in [0.4, 0.5) is 5.82 Å². The average Bonchev–Trinajstić information content (AvgIpc) is 2.29. The normalized spacial score (nSPS) is 16.1. The van der Waals surface area contributed by atoms with Crippen molar-refractivity contribution in [2.24, 2.45) is 0 Å². The number of morpholine rings is 1. The summed E-state index contributed by atoms with van der Waals surface area (Å²) in [5.74, 6) is -2.34. The van der Waals surface area contributed by atoms with Gasteiger partial charge in [-0.1, -0.05) is 6.07 Å². The molecule has 17 heavy (non-hydrogen) atoms. The van der Waals surface area contributed by atoms with Crippen LogP contribution in [0, 0.1) is 0 Å². The van der Waals surface area contributed by atoms with Crippen molar-refractivity contribution in [2.45, 2.75) is 0 Å². The number of pyridine rings is 1. The predicted molar refractivity (Wildman–Crippen MR) is 54.5 cm³/mol. The van der Waals surface area contributed by atoms with E-state index in [1.807, 2.05) is 0 Å². The molecule has 7 heteroatoms. The van der Waals surface area contributed by atoms with Crippen LogP contribution in [-0.4, -0.2) is 41.1 Å². The van der Waals surface area contributed by atoms with Gasteiger partial charge in [-0.15, -0.1) is 0 Å². The van der Waals surface area contributed by atoms with E-state index in [1.165, 1.54) is 18.2 Å². The van der Waals surface area contributed by atoms with E-state index in [0.717, 1.165) is 4.90 Å². The molecule has 1 aliphatic heterocycles. The van der Waals surface area contributed by atoms with E-state index >= 15 is 0 Å². The minimum absolute atomic E-state index is 0.00296. The van der Waals surface area contributed by atoms with Gasteiger partial charge in [-0.2, -0.15) is 0 Å². The van der Waals surface area contributed by atoms with Crippen LogP contribution in [0.1, 0.15) is 10.5 Å². The van der Waals surface area contributed by atoms with Gasteiger partial charge in [0.15, 0.2) is 5.69 Å². The molecule has 1 N–H and O–H groups in total. The molecule has 1 saturated heterocycles. The van der Waals surface area contributed by atoms with Crippen molar-refractivity contribution in [1.29, 1.82) is 0 Å². The van der Waals surface area contributed by atoms with Crippen LogP contribution < -0.4 is 4.90 Å². The number of anilines is 1. The van der Waals surface area contributed by atoms with Crippen molar-refractivity contribution in [3.63, 3.8) is 0 Å². The first kappa shape index (κ1) is 11.2. The summed E-state index contributed by atoms with van der Waals surface area (Å²) in [6.07, 6.45) is 0. The molecule has 1 aromatic heterocycles. The number of carboxylic acids is 1. The Morgan fingerprint density at radius 2 is 1.94 bits per heavy atom. The summed E-state index contributed by atoms with van der Waals surface area (Å²) in [4.78, 5) is 38.2. The highest BCUT2D eigenvalue weighted by Gasteiger charge is 2.29. The Morgan fingerprint density at radius 1 is 1.29 bits per heavy atom. The standard InChI is InChI=1S/C10H8N2O5/c13-8-4-17-5-9(14)12(8)7-3-1-2-6(11-7)10(15)16/h1-3H,4-5H2,(H,15,16). The molecule has 1 aliphatic rings. The van der Waals surface area contributed by atoms with Crippen LogP contribution in [0.15, 0.2) is 18.2 Å². The zero-order valence-electron chi connectivity index (χ0n) is 8.62. The molecule has 0 aliphatic carbocycles. The number of aromatic carboxylic acids is 1. The summed E-state index contributed by atoms with van der Waals surface area (Å²) in [5.41, 5.74) is -0.227.